The SMILES string of the molecule is CC(C)S(=O)(=O)N1CC(CC#N)C1. The molecule has 0 aromatic heterocycles. The molecule has 0 aromatic rings. The summed E-state index contributed by atoms with van der Waals surface area (Å²) in [5.41, 5.74) is 0. The summed E-state index contributed by atoms with van der Waals surface area (Å²) in [4.78, 5) is 0. The monoisotopic (exact) mass is 202 g/mol. The molecular weight excluding hydrogens is 188 g/mol. The third kappa shape index (κ3) is 2.01. The first kappa shape index (κ1) is 10.5. The minimum Gasteiger partial charge on any atom is -0.212 e. The fourth-order valence-electron chi connectivity index (χ4n) is 1.29. The summed E-state index contributed by atoms with van der Waals surface area (Å²) in [5.74, 6) is 0.249. The molecule has 1 aliphatic heterocycles. The summed E-state index contributed by atoms with van der Waals surface area (Å²) in [5, 5.41) is 8.03. The van der Waals surface area contributed by atoms with E-state index in [1.807, 2.05) is 6.07 Å². The maximum atomic E-state index is 11.5. The van der Waals surface area contributed by atoms with Gasteiger partial charge in [-0.15, -0.1) is 0 Å². The van der Waals surface area contributed by atoms with Crippen molar-refractivity contribution in [1.82, 2.24) is 4.31 Å². The van der Waals surface area contributed by atoms with Gasteiger partial charge in [-0.25, -0.2) is 12.7 Å². The first-order valence-corrected chi connectivity index (χ1v) is 5.84. The molecule has 4 nitrogen and oxygen atoms in total. The molecule has 0 N–H and O–H groups in total. The van der Waals surface area contributed by atoms with Gasteiger partial charge in [-0.3, -0.25) is 0 Å². The van der Waals surface area contributed by atoms with Crippen molar-refractivity contribution < 1.29 is 8.42 Å². The molecule has 0 amide bonds. The smallest absolute Gasteiger partial charge is 0.212 e. The topological polar surface area (TPSA) is 61.2 Å². The molecule has 0 atom stereocenters. The van der Waals surface area contributed by atoms with Gasteiger partial charge in [-0.1, -0.05) is 0 Å². The molecule has 5 heteroatoms. The van der Waals surface area contributed by atoms with Crippen LogP contribution in [0.4, 0.5) is 0 Å². The normalized spacial score (nSPS) is 19.8. The van der Waals surface area contributed by atoms with Crippen molar-refractivity contribution in [3.8, 4) is 6.07 Å². The lowest BCUT2D eigenvalue weighted by molar-refractivity contribution is 0.203. The van der Waals surface area contributed by atoms with Crippen LogP contribution in [0, 0.1) is 17.2 Å². The van der Waals surface area contributed by atoms with Crippen molar-refractivity contribution in [3.63, 3.8) is 0 Å². The Hall–Kier alpha value is -0.600. The summed E-state index contributed by atoms with van der Waals surface area (Å²) in [6.45, 7) is 4.39. The van der Waals surface area contributed by atoms with Gasteiger partial charge < -0.3 is 0 Å². The minimum atomic E-state index is -3.07. The molecule has 0 saturated carbocycles. The van der Waals surface area contributed by atoms with Crippen molar-refractivity contribution in [3.05, 3.63) is 0 Å². The molecule has 0 aliphatic carbocycles. The highest BCUT2D eigenvalue weighted by molar-refractivity contribution is 7.89. The molecule has 0 unspecified atom stereocenters. The average Bonchev–Trinajstić information content (AvgIpc) is 1.95. The predicted molar refractivity (Wildman–Crippen MR) is 49.3 cm³/mol. The Labute approximate surface area is 79.2 Å². The minimum absolute atomic E-state index is 0.249. The third-order valence-corrected chi connectivity index (χ3v) is 4.47. The van der Waals surface area contributed by atoms with Gasteiger partial charge in [0.2, 0.25) is 10.0 Å². The maximum Gasteiger partial charge on any atom is 0.216 e. The quantitative estimate of drug-likeness (QED) is 0.672. The lowest BCUT2D eigenvalue weighted by Crippen LogP contribution is -2.51. The van der Waals surface area contributed by atoms with Crippen LogP contribution in [0.15, 0.2) is 0 Å². The van der Waals surface area contributed by atoms with Crippen LogP contribution in [-0.4, -0.2) is 31.1 Å². The summed E-state index contributed by atoms with van der Waals surface area (Å²) in [7, 11) is -3.07. The zero-order valence-electron chi connectivity index (χ0n) is 7.90. The van der Waals surface area contributed by atoms with Crippen LogP contribution in [0.1, 0.15) is 20.3 Å². The van der Waals surface area contributed by atoms with Gasteiger partial charge >= 0.3 is 0 Å². The van der Waals surface area contributed by atoms with Crippen molar-refractivity contribution >= 4 is 10.0 Å². The molecule has 1 heterocycles. The average molecular weight is 202 g/mol. The highest BCUT2D eigenvalue weighted by atomic mass is 32.2. The van der Waals surface area contributed by atoms with Crippen molar-refractivity contribution in [1.29, 1.82) is 5.26 Å². The number of hydrogen-bond donors (Lipinski definition) is 0. The van der Waals surface area contributed by atoms with E-state index in [2.05, 4.69) is 0 Å². The highest BCUT2D eigenvalue weighted by Gasteiger charge is 2.36. The Morgan fingerprint density at radius 1 is 1.54 bits per heavy atom. The number of rotatable bonds is 3. The lowest BCUT2D eigenvalue weighted by atomic mass is 10.0. The standard InChI is InChI=1S/C8H14N2O2S/c1-7(2)13(11,12)10-5-8(6-10)3-4-9/h7-8H,3,5-6H2,1-2H3. The molecule has 74 valence electrons. The van der Waals surface area contributed by atoms with E-state index in [0.29, 0.717) is 19.5 Å². The van der Waals surface area contributed by atoms with Crippen LogP contribution in [-0.2, 0) is 10.0 Å². The molecule has 1 rings (SSSR count). The first-order valence-electron chi connectivity index (χ1n) is 4.34. The van der Waals surface area contributed by atoms with E-state index < -0.39 is 10.0 Å². The Morgan fingerprint density at radius 3 is 2.46 bits per heavy atom. The van der Waals surface area contributed by atoms with E-state index in [4.69, 9.17) is 5.26 Å². The van der Waals surface area contributed by atoms with Crippen molar-refractivity contribution in [2.45, 2.75) is 25.5 Å². The second-order valence-electron chi connectivity index (χ2n) is 3.64. The molecule has 1 saturated heterocycles. The maximum absolute atomic E-state index is 11.5. The van der Waals surface area contributed by atoms with Crippen molar-refractivity contribution in [2.24, 2.45) is 5.92 Å². The van der Waals surface area contributed by atoms with Crippen LogP contribution < -0.4 is 0 Å². The largest absolute Gasteiger partial charge is 0.216 e. The second-order valence-corrected chi connectivity index (χ2v) is 6.13. The zero-order valence-corrected chi connectivity index (χ0v) is 8.71. The summed E-state index contributed by atoms with van der Waals surface area (Å²) in [6, 6.07) is 2.05. The van der Waals surface area contributed by atoms with Gasteiger partial charge in [-0.2, -0.15) is 5.26 Å². The Balaban J connectivity index is 2.49. The number of hydrogen-bond acceptors (Lipinski definition) is 3. The third-order valence-electron chi connectivity index (χ3n) is 2.26. The van der Waals surface area contributed by atoms with Crippen LogP contribution in [0.25, 0.3) is 0 Å². The summed E-state index contributed by atoms with van der Waals surface area (Å²) >= 11 is 0. The Bertz CT molecular complexity index is 310. The van der Waals surface area contributed by atoms with E-state index in [0.717, 1.165) is 0 Å². The Kier molecular flexibility index (Phi) is 2.94. The first-order chi connectivity index (χ1) is 5.98. The van der Waals surface area contributed by atoms with Crippen LogP contribution in [0.3, 0.4) is 0 Å². The molecular formula is C8H14N2O2S. The fourth-order valence-corrected chi connectivity index (χ4v) is 2.72. The van der Waals surface area contributed by atoms with E-state index in [9.17, 15) is 8.42 Å². The van der Waals surface area contributed by atoms with Crippen LogP contribution in [0.2, 0.25) is 0 Å². The van der Waals surface area contributed by atoms with Gasteiger partial charge in [0.25, 0.3) is 0 Å². The van der Waals surface area contributed by atoms with Gasteiger partial charge in [-0.05, 0) is 19.8 Å². The van der Waals surface area contributed by atoms with E-state index >= 15 is 0 Å². The van der Waals surface area contributed by atoms with Gasteiger partial charge in [0.1, 0.15) is 0 Å². The van der Waals surface area contributed by atoms with E-state index in [1.54, 1.807) is 13.8 Å². The zero-order chi connectivity index (χ0) is 10.1. The molecule has 1 aliphatic rings. The lowest BCUT2D eigenvalue weighted by Gasteiger charge is -2.37. The van der Waals surface area contributed by atoms with Crippen LogP contribution in [0.5, 0.6) is 0 Å². The molecule has 13 heavy (non-hydrogen) atoms. The van der Waals surface area contributed by atoms with E-state index in [1.165, 1.54) is 4.31 Å². The highest BCUT2D eigenvalue weighted by Crippen LogP contribution is 2.23. The molecule has 0 radical (unpaired) electrons. The Morgan fingerprint density at radius 2 is 2.08 bits per heavy atom. The molecule has 1 fully saturated rings. The number of nitrogens with zero attached hydrogens (tertiary/aromatic N) is 2. The van der Waals surface area contributed by atoms with Crippen LogP contribution >= 0.6 is 0 Å². The molecule has 0 aromatic carbocycles. The van der Waals surface area contributed by atoms with Gasteiger partial charge in [0.15, 0.2) is 0 Å². The van der Waals surface area contributed by atoms with Crippen molar-refractivity contribution in [2.75, 3.05) is 13.1 Å². The predicted octanol–water partition coefficient (Wildman–Crippen LogP) is 0.570. The van der Waals surface area contributed by atoms with Gasteiger partial charge in [0.05, 0.1) is 11.3 Å². The fraction of sp³-hybridized carbons (Fsp3) is 0.875. The van der Waals surface area contributed by atoms with E-state index in [-0.39, 0.29) is 11.2 Å². The molecule has 0 bridgehead atoms. The second kappa shape index (κ2) is 3.64. The number of sulfonamides is 1. The molecule has 0 spiro atoms. The summed E-state index contributed by atoms with van der Waals surface area (Å²) < 4.78 is 24.5. The summed E-state index contributed by atoms with van der Waals surface area (Å²) in [6.07, 6.45) is 0.462. The number of nitriles is 1. The van der Waals surface area contributed by atoms with Gasteiger partial charge in [0, 0.05) is 19.5 Å².